The third kappa shape index (κ3) is 3.00. The van der Waals surface area contributed by atoms with Crippen LogP contribution in [0.15, 0.2) is 24.3 Å². The minimum Gasteiger partial charge on any atom is -0.497 e. The van der Waals surface area contributed by atoms with Crippen molar-refractivity contribution in [2.24, 2.45) is 11.3 Å². The number of hydrogen-bond acceptors (Lipinski definition) is 5. The number of benzene rings is 1. The Labute approximate surface area is 123 Å². The number of methoxy groups -OCH3 is 2. The molecule has 2 rings (SSSR count). The Morgan fingerprint density at radius 2 is 1.90 bits per heavy atom. The fraction of sp³-hybridized carbons (Fsp3) is 0.467. The van der Waals surface area contributed by atoms with E-state index in [1.54, 1.807) is 7.11 Å². The predicted molar refractivity (Wildman–Crippen MR) is 74.4 cm³/mol. The second kappa shape index (κ2) is 6.13. The van der Waals surface area contributed by atoms with E-state index < -0.39 is 11.3 Å². The second-order valence-electron chi connectivity index (χ2n) is 5.10. The molecule has 0 saturated heterocycles. The number of ether oxygens (including phenoxy) is 2. The lowest BCUT2D eigenvalue weighted by Crippen LogP contribution is -2.31. The quantitative estimate of drug-likeness (QED) is 0.628. The van der Waals surface area contributed by atoms with Gasteiger partial charge in [-0.25, -0.2) is 5.48 Å². The van der Waals surface area contributed by atoms with E-state index in [4.69, 9.17) is 9.47 Å². The van der Waals surface area contributed by atoms with Gasteiger partial charge in [0.1, 0.15) is 5.75 Å². The van der Waals surface area contributed by atoms with Gasteiger partial charge in [0.2, 0.25) is 5.91 Å². The van der Waals surface area contributed by atoms with E-state index in [0.717, 1.165) is 11.3 Å². The summed E-state index contributed by atoms with van der Waals surface area (Å²) in [6.45, 7) is 0. The van der Waals surface area contributed by atoms with E-state index in [9.17, 15) is 9.59 Å². The molecule has 0 radical (unpaired) electrons. The van der Waals surface area contributed by atoms with Gasteiger partial charge in [-0.05, 0) is 30.5 Å². The molecule has 0 spiro atoms. The summed E-state index contributed by atoms with van der Waals surface area (Å²) in [7, 11) is 4.29. The topological polar surface area (TPSA) is 73.9 Å². The zero-order valence-corrected chi connectivity index (χ0v) is 12.3. The number of hydroxylamine groups is 1. The monoisotopic (exact) mass is 293 g/mol. The van der Waals surface area contributed by atoms with Gasteiger partial charge in [0, 0.05) is 0 Å². The average molecular weight is 293 g/mol. The van der Waals surface area contributed by atoms with Gasteiger partial charge >= 0.3 is 5.97 Å². The first kappa shape index (κ1) is 15.3. The summed E-state index contributed by atoms with van der Waals surface area (Å²) < 4.78 is 9.97. The van der Waals surface area contributed by atoms with Crippen molar-refractivity contribution in [1.29, 1.82) is 0 Å². The van der Waals surface area contributed by atoms with E-state index in [1.807, 2.05) is 24.3 Å². The van der Waals surface area contributed by atoms with Crippen LogP contribution in [0.5, 0.6) is 5.75 Å². The summed E-state index contributed by atoms with van der Waals surface area (Å²) in [6, 6.07) is 7.42. The molecule has 2 atom stereocenters. The second-order valence-corrected chi connectivity index (χ2v) is 5.10. The van der Waals surface area contributed by atoms with E-state index in [1.165, 1.54) is 14.2 Å². The van der Waals surface area contributed by atoms with E-state index in [0.29, 0.717) is 12.8 Å². The molecule has 1 aliphatic carbocycles. The molecule has 0 aliphatic heterocycles. The van der Waals surface area contributed by atoms with Gasteiger partial charge < -0.3 is 9.47 Å². The normalized spacial score (nSPS) is 23.3. The summed E-state index contributed by atoms with van der Waals surface area (Å²) in [5.74, 6) is -0.340. The van der Waals surface area contributed by atoms with Crippen molar-refractivity contribution in [2.45, 2.75) is 12.8 Å². The molecule has 1 saturated carbocycles. The molecule has 0 unspecified atom stereocenters. The lowest BCUT2D eigenvalue weighted by atomic mass is 9.93. The van der Waals surface area contributed by atoms with Crippen LogP contribution >= 0.6 is 0 Å². The highest BCUT2D eigenvalue weighted by atomic mass is 16.6. The molecular formula is C15H19NO5. The molecule has 1 N–H and O–H groups in total. The van der Waals surface area contributed by atoms with E-state index in [-0.39, 0.29) is 11.9 Å². The zero-order chi connectivity index (χ0) is 15.5. The molecule has 6 nitrogen and oxygen atoms in total. The molecule has 114 valence electrons. The van der Waals surface area contributed by atoms with E-state index in [2.05, 4.69) is 10.3 Å². The van der Waals surface area contributed by atoms with Crippen molar-refractivity contribution in [2.75, 3.05) is 21.3 Å². The van der Waals surface area contributed by atoms with Crippen LogP contribution in [0.3, 0.4) is 0 Å². The molecule has 0 aromatic heterocycles. The lowest BCUT2D eigenvalue weighted by molar-refractivity contribution is -0.150. The van der Waals surface area contributed by atoms with Gasteiger partial charge in [-0.1, -0.05) is 12.1 Å². The summed E-state index contributed by atoms with van der Waals surface area (Å²) >= 11 is 0. The number of carbonyl (C=O) groups is 2. The minimum atomic E-state index is -0.800. The molecule has 21 heavy (non-hydrogen) atoms. The first-order chi connectivity index (χ1) is 10.1. The van der Waals surface area contributed by atoms with Crippen LogP contribution in [-0.2, 0) is 25.6 Å². The maximum atomic E-state index is 12.1. The van der Waals surface area contributed by atoms with Crippen molar-refractivity contribution < 1.29 is 23.9 Å². The summed E-state index contributed by atoms with van der Waals surface area (Å²) in [4.78, 5) is 28.6. The van der Waals surface area contributed by atoms with Crippen LogP contribution in [0.4, 0.5) is 0 Å². The lowest BCUT2D eigenvalue weighted by Gasteiger charge is -2.15. The molecule has 1 amide bonds. The maximum Gasteiger partial charge on any atom is 0.312 e. The highest BCUT2D eigenvalue weighted by Crippen LogP contribution is 2.55. The number of rotatable bonds is 6. The number of carbonyl (C=O) groups excluding carboxylic acids is 2. The Morgan fingerprint density at radius 3 is 2.43 bits per heavy atom. The Hall–Kier alpha value is -2.08. The van der Waals surface area contributed by atoms with Crippen LogP contribution in [-0.4, -0.2) is 33.2 Å². The van der Waals surface area contributed by atoms with Gasteiger partial charge in [-0.15, -0.1) is 0 Å². The Morgan fingerprint density at radius 1 is 1.24 bits per heavy atom. The van der Waals surface area contributed by atoms with Gasteiger partial charge in [0.15, 0.2) is 0 Å². The van der Waals surface area contributed by atoms with Crippen LogP contribution in [0.1, 0.15) is 12.0 Å². The molecule has 1 aromatic rings. The molecule has 0 heterocycles. The standard InChI is InChI=1S/C15H19NO5/c1-19-11-6-4-10(5-7-11)8-15(14(18)20-2)9-12(15)13(17)16-21-3/h4-7,12H,8-9H2,1-3H3,(H,16,17)/t12-,15+/m1/s1. The number of nitrogens with one attached hydrogen (secondary N) is 1. The molecule has 0 bridgehead atoms. The third-order valence-corrected chi connectivity index (χ3v) is 3.86. The smallest absolute Gasteiger partial charge is 0.312 e. The fourth-order valence-electron chi connectivity index (χ4n) is 2.62. The first-order valence-corrected chi connectivity index (χ1v) is 6.61. The van der Waals surface area contributed by atoms with Crippen LogP contribution in [0.25, 0.3) is 0 Å². The summed E-state index contributed by atoms with van der Waals surface area (Å²) in [6.07, 6.45) is 0.909. The minimum absolute atomic E-state index is 0.295. The third-order valence-electron chi connectivity index (χ3n) is 3.86. The molecule has 6 heteroatoms. The molecule has 1 fully saturated rings. The van der Waals surface area contributed by atoms with Gasteiger partial charge in [-0.2, -0.15) is 0 Å². The van der Waals surface area contributed by atoms with Crippen molar-refractivity contribution in [3.8, 4) is 5.75 Å². The summed E-state index contributed by atoms with van der Waals surface area (Å²) in [5.41, 5.74) is 2.43. The SMILES string of the molecule is CONC(=O)[C@H]1C[C@]1(Cc1ccc(OC)cc1)C(=O)OC. The molecule has 1 aliphatic rings. The Kier molecular flexibility index (Phi) is 4.47. The highest BCUT2D eigenvalue weighted by molar-refractivity contribution is 5.93. The van der Waals surface area contributed by atoms with Crippen LogP contribution in [0.2, 0.25) is 0 Å². The highest BCUT2D eigenvalue weighted by Gasteiger charge is 2.64. The zero-order valence-electron chi connectivity index (χ0n) is 12.3. The summed E-state index contributed by atoms with van der Waals surface area (Å²) in [5, 5.41) is 0. The van der Waals surface area contributed by atoms with E-state index >= 15 is 0 Å². The van der Waals surface area contributed by atoms with Crippen molar-refractivity contribution in [3.05, 3.63) is 29.8 Å². The molecule has 1 aromatic carbocycles. The van der Waals surface area contributed by atoms with Gasteiger partial charge in [-0.3, -0.25) is 14.4 Å². The largest absolute Gasteiger partial charge is 0.497 e. The van der Waals surface area contributed by atoms with Crippen molar-refractivity contribution in [3.63, 3.8) is 0 Å². The number of esters is 1. The predicted octanol–water partition coefficient (Wildman–Crippen LogP) is 1.09. The first-order valence-electron chi connectivity index (χ1n) is 6.61. The molecular weight excluding hydrogens is 274 g/mol. The van der Waals surface area contributed by atoms with Gasteiger partial charge in [0.05, 0.1) is 32.7 Å². The van der Waals surface area contributed by atoms with Crippen molar-refractivity contribution in [1.82, 2.24) is 5.48 Å². The number of amides is 1. The average Bonchev–Trinajstić information content (AvgIpc) is 3.23. The van der Waals surface area contributed by atoms with Crippen LogP contribution < -0.4 is 10.2 Å². The Balaban J connectivity index is 2.15. The maximum absolute atomic E-state index is 12.1. The van der Waals surface area contributed by atoms with Crippen LogP contribution in [0, 0.1) is 11.3 Å². The number of hydrogen-bond donors (Lipinski definition) is 1. The fourth-order valence-corrected chi connectivity index (χ4v) is 2.62. The van der Waals surface area contributed by atoms with Gasteiger partial charge in [0.25, 0.3) is 0 Å². The Bertz CT molecular complexity index is 527. The van der Waals surface area contributed by atoms with Crippen molar-refractivity contribution >= 4 is 11.9 Å².